The van der Waals surface area contributed by atoms with Crippen LogP contribution in [0.25, 0.3) is 0 Å². The normalized spacial score (nSPS) is 37.9. The highest BCUT2D eigenvalue weighted by molar-refractivity contribution is 6.44. The molecule has 24 heavy (non-hydrogen) atoms. The summed E-state index contributed by atoms with van der Waals surface area (Å²) < 4.78 is 0. The van der Waals surface area contributed by atoms with Crippen LogP contribution in [-0.4, -0.2) is 39.7 Å². The third kappa shape index (κ3) is 2.39. The molecule has 5 rings (SSSR count). The molecule has 0 N–H and O–H groups in total. The molecule has 5 aliphatic rings. The van der Waals surface area contributed by atoms with E-state index in [1.165, 1.54) is 29.1 Å². The molecule has 0 spiro atoms. The number of urea groups is 1. The first-order valence-corrected chi connectivity index (χ1v) is 9.74. The number of hydrogen-bond acceptors (Lipinski definition) is 3. The van der Waals surface area contributed by atoms with Crippen LogP contribution in [0.4, 0.5) is 4.79 Å². The molecule has 0 aromatic rings. The van der Waals surface area contributed by atoms with E-state index in [1.807, 2.05) is 0 Å². The SMILES string of the molecule is CCCCCCN1C(=O)C(=O)N(C23CC4CC(CC(C4)C2)C3)C1=O. The van der Waals surface area contributed by atoms with Crippen LogP contribution >= 0.6 is 0 Å². The number of rotatable bonds is 6. The molecule has 5 fully saturated rings. The quantitative estimate of drug-likeness (QED) is 0.426. The van der Waals surface area contributed by atoms with E-state index in [9.17, 15) is 14.4 Å². The Morgan fingerprint density at radius 2 is 1.46 bits per heavy atom. The maximum Gasteiger partial charge on any atom is 0.334 e. The van der Waals surface area contributed by atoms with Gasteiger partial charge in [-0.3, -0.25) is 14.5 Å². The van der Waals surface area contributed by atoms with Crippen LogP contribution < -0.4 is 0 Å². The lowest BCUT2D eigenvalue weighted by atomic mass is 9.52. The topological polar surface area (TPSA) is 57.7 Å². The number of amides is 4. The Hall–Kier alpha value is -1.39. The van der Waals surface area contributed by atoms with E-state index in [0.29, 0.717) is 24.3 Å². The minimum absolute atomic E-state index is 0.330. The molecule has 0 radical (unpaired) electrons. The van der Waals surface area contributed by atoms with Crippen LogP contribution in [-0.2, 0) is 9.59 Å². The van der Waals surface area contributed by atoms with Crippen molar-refractivity contribution < 1.29 is 14.4 Å². The molecular formula is C19H28N2O3. The fourth-order valence-electron chi connectivity index (χ4n) is 6.16. The lowest BCUT2D eigenvalue weighted by Crippen LogP contribution is -2.62. The number of hydrogen-bond donors (Lipinski definition) is 0. The van der Waals surface area contributed by atoms with Crippen LogP contribution in [0.2, 0.25) is 0 Å². The smallest absolute Gasteiger partial charge is 0.263 e. The van der Waals surface area contributed by atoms with E-state index in [4.69, 9.17) is 0 Å². The van der Waals surface area contributed by atoms with Crippen molar-refractivity contribution >= 4 is 17.8 Å². The number of unbranched alkanes of at least 4 members (excludes halogenated alkanes) is 3. The molecule has 1 heterocycles. The van der Waals surface area contributed by atoms with Gasteiger partial charge in [-0.05, 0) is 62.7 Å². The van der Waals surface area contributed by atoms with Gasteiger partial charge in [0.15, 0.2) is 0 Å². The Kier molecular flexibility index (Phi) is 3.92. The maximum absolute atomic E-state index is 12.9. The fourth-order valence-corrected chi connectivity index (χ4v) is 6.16. The zero-order valence-corrected chi connectivity index (χ0v) is 14.6. The number of nitrogens with zero attached hydrogens (tertiary/aromatic N) is 2. The van der Waals surface area contributed by atoms with Crippen molar-refractivity contribution in [2.75, 3.05) is 6.54 Å². The van der Waals surface area contributed by atoms with E-state index in [-0.39, 0.29) is 11.6 Å². The zero-order chi connectivity index (χ0) is 16.9. The van der Waals surface area contributed by atoms with Gasteiger partial charge in [0, 0.05) is 6.54 Å². The van der Waals surface area contributed by atoms with E-state index < -0.39 is 11.8 Å². The maximum atomic E-state index is 12.9. The van der Waals surface area contributed by atoms with Gasteiger partial charge in [0.1, 0.15) is 0 Å². The second-order valence-corrected chi connectivity index (χ2v) is 8.58. The van der Waals surface area contributed by atoms with Crippen molar-refractivity contribution in [1.29, 1.82) is 0 Å². The average molecular weight is 332 g/mol. The lowest BCUT2D eigenvalue weighted by Gasteiger charge is -2.58. The zero-order valence-electron chi connectivity index (χ0n) is 14.6. The van der Waals surface area contributed by atoms with Crippen LogP contribution in [0.5, 0.6) is 0 Å². The molecule has 4 amide bonds. The average Bonchev–Trinajstić information content (AvgIpc) is 2.73. The molecule has 0 atom stereocenters. The summed E-state index contributed by atoms with van der Waals surface area (Å²) in [4.78, 5) is 40.6. The van der Waals surface area contributed by atoms with E-state index in [1.54, 1.807) is 0 Å². The number of carbonyl (C=O) groups is 3. The third-order valence-corrected chi connectivity index (χ3v) is 6.77. The van der Waals surface area contributed by atoms with E-state index in [2.05, 4.69) is 6.92 Å². The Morgan fingerprint density at radius 1 is 0.875 bits per heavy atom. The fraction of sp³-hybridized carbons (Fsp3) is 0.842. The van der Waals surface area contributed by atoms with Gasteiger partial charge in [0.05, 0.1) is 5.54 Å². The van der Waals surface area contributed by atoms with E-state index in [0.717, 1.165) is 44.9 Å². The molecule has 1 aliphatic heterocycles. The van der Waals surface area contributed by atoms with Crippen molar-refractivity contribution in [2.45, 2.75) is 76.7 Å². The molecular weight excluding hydrogens is 304 g/mol. The van der Waals surface area contributed by atoms with Crippen LogP contribution in [0, 0.1) is 17.8 Å². The summed E-state index contributed by atoms with van der Waals surface area (Å²) in [6.45, 7) is 2.52. The summed E-state index contributed by atoms with van der Waals surface area (Å²) in [5.74, 6) is 0.784. The molecule has 4 aliphatic carbocycles. The van der Waals surface area contributed by atoms with Crippen molar-refractivity contribution in [3.63, 3.8) is 0 Å². The second kappa shape index (κ2) is 5.85. The summed E-state index contributed by atoms with van der Waals surface area (Å²) in [5, 5.41) is 0. The standard InChI is InChI=1S/C19H28N2O3/c1-2-3-4-5-6-20-16(22)17(23)21(18(20)24)19-10-13-7-14(11-19)9-15(8-13)12-19/h13-15H,2-12H2,1H3. The molecule has 0 aromatic heterocycles. The van der Waals surface area contributed by atoms with E-state index >= 15 is 0 Å². The molecule has 5 heteroatoms. The molecule has 0 aromatic carbocycles. The monoisotopic (exact) mass is 332 g/mol. The van der Waals surface area contributed by atoms with Crippen molar-refractivity contribution in [3.8, 4) is 0 Å². The summed E-state index contributed by atoms with van der Waals surface area (Å²) in [5.41, 5.74) is -0.350. The molecule has 4 saturated carbocycles. The third-order valence-electron chi connectivity index (χ3n) is 6.77. The Labute approximate surface area is 143 Å². The molecule has 1 saturated heterocycles. The first kappa shape index (κ1) is 16.1. The first-order valence-electron chi connectivity index (χ1n) is 9.74. The molecule has 0 unspecified atom stereocenters. The summed E-state index contributed by atoms with van der Waals surface area (Å²) in [6.07, 6.45) is 10.5. The first-order chi connectivity index (χ1) is 11.5. The van der Waals surface area contributed by atoms with Gasteiger partial charge < -0.3 is 0 Å². The Balaban J connectivity index is 1.52. The highest BCUT2D eigenvalue weighted by Gasteiger charge is 2.60. The van der Waals surface area contributed by atoms with Gasteiger partial charge in [-0.25, -0.2) is 9.69 Å². The highest BCUT2D eigenvalue weighted by atomic mass is 16.2. The minimum Gasteiger partial charge on any atom is -0.263 e. The van der Waals surface area contributed by atoms with Gasteiger partial charge in [0.25, 0.3) is 0 Å². The second-order valence-electron chi connectivity index (χ2n) is 8.58. The van der Waals surface area contributed by atoms with Crippen molar-refractivity contribution in [3.05, 3.63) is 0 Å². The molecule has 5 nitrogen and oxygen atoms in total. The highest BCUT2D eigenvalue weighted by Crippen LogP contribution is 2.58. The van der Waals surface area contributed by atoms with Crippen molar-refractivity contribution in [2.24, 2.45) is 17.8 Å². The Bertz CT molecular complexity index is 536. The largest absolute Gasteiger partial charge is 0.334 e. The van der Waals surface area contributed by atoms with Gasteiger partial charge >= 0.3 is 17.8 Å². The molecule has 4 bridgehead atoms. The van der Waals surface area contributed by atoms with Crippen LogP contribution in [0.1, 0.15) is 71.1 Å². The van der Waals surface area contributed by atoms with Gasteiger partial charge in [-0.1, -0.05) is 26.2 Å². The van der Waals surface area contributed by atoms with Gasteiger partial charge in [-0.2, -0.15) is 0 Å². The number of imide groups is 2. The molecule has 132 valence electrons. The lowest BCUT2D eigenvalue weighted by molar-refractivity contribution is -0.150. The summed E-state index contributed by atoms with van der Waals surface area (Å²) in [7, 11) is 0. The van der Waals surface area contributed by atoms with Crippen molar-refractivity contribution in [1.82, 2.24) is 9.80 Å². The Morgan fingerprint density at radius 3 is 2.00 bits per heavy atom. The predicted octanol–water partition coefficient (Wildman–Crippen LogP) is 3.33. The minimum atomic E-state index is -0.591. The predicted molar refractivity (Wildman–Crippen MR) is 89.0 cm³/mol. The van der Waals surface area contributed by atoms with Crippen LogP contribution in [0.15, 0.2) is 0 Å². The summed E-state index contributed by atoms with van der Waals surface area (Å²) in [6, 6.07) is -0.330. The van der Waals surface area contributed by atoms with Crippen LogP contribution in [0.3, 0.4) is 0 Å². The van der Waals surface area contributed by atoms with Gasteiger partial charge in [0.2, 0.25) is 0 Å². The number of carbonyl (C=O) groups excluding carboxylic acids is 3. The van der Waals surface area contributed by atoms with Gasteiger partial charge in [-0.15, -0.1) is 0 Å². The summed E-state index contributed by atoms with van der Waals surface area (Å²) >= 11 is 0.